The first kappa shape index (κ1) is 11.0. The SMILES string of the molecule is CCCSC1Cc2ccccc2C1NC. The van der Waals surface area contributed by atoms with E-state index in [1.54, 1.807) is 0 Å². The Balaban J connectivity index is 2.13. The number of rotatable bonds is 4. The quantitative estimate of drug-likeness (QED) is 0.839. The van der Waals surface area contributed by atoms with Gasteiger partial charge < -0.3 is 5.32 Å². The van der Waals surface area contributed by atoms with Gasteiger partial charge in [-0.3, -0.25) is 0 Å². The molecule has 1 N–H and O–H groups in total. The number of hydrogen-bond acceptors (Lipinski definition) is 2. The highest BCUT2D eigenvalue weighted by Crippen LogP contribution is 2.38. The zero-order valence-corrected chi connectivity index (χ0v) is 10.3. The number of fused-ring (bicyclic) bond motifs is 1. The molecule has 2 rings (SSSR count). The summed E-state index contributed by atoms with van der Waals surface area (Å²) in [7, 11) is 2.08. The smallest absolute Gasteiger partial charge is 0.0444 e. The second-order valence-corrected chi connectivity index (χ2v) is 5.43. The standard InChI is InChI=1S/C13H19NS/c1-3-8-15-12-9-10-6-4-5-7-11(10)13(12)14-2/h4-7,12-14H,3,8-9H2,1-2H3. The van der Waals surface area contributed by atoms with Crippen LogP contribution in [-0.4, -0.2) is 18.1 Å². The highest BCUT2D eigenvalue weighted by atomic mass is 32.2. The van der Waals surface area contributed by atoms with E-state index in [0.29, 0.717) is 6.04 Å². The van der Waals surface area contributed by atoms with E-state index in [2.05, 4.69) is 55.3 Å². The maximum Gasteiger partial charge on any atom is 0.0444 e. The van der Waals surface area contributed by atoms with Gasteiger partial charge in [0.1, 0.15) is 0 Å². The molecule has 1 aromatic carbocycles. The van der Waals surface area contributed by atoms with Crippen molar-refractivity contribution in [1.29, 1.82) is 0 Å². The van der Waals surface area contributed by atoms with E-state index in [-0.39, 0.29) is 0 Å². The molecule has 15 heavy (non-hydrogen) atoms. The summed E-state index contributed by atoms with van der Waals surface area (Å²) in [6.45, 7) is 2.25. The lowest BCUT2D eigenvalue weighted by atomic mass is 10.1. The van der Waals surface area contributed by atoms with Crippen LogP contribution in [0.4, 0.5) is 0 Å². The van der Waals surface area contributed by atoms with Crippen molar-refractivity contribution in [2.24, 2.45) is 0 Å². The Hall–Kier alpha value is -0.470. The Morgan fingerprint density at radius 3 is 2.93 bits per heavy atom. The summed E-state index contributed by atoms with van der Waals surface area (Å²) in [5.41, 5.74) is 3.04. The highest BCUT2D eigenvalue weighted by molar-refractivity contribution is 7.99. The maximum absolute atomic E-state index is 3.46. The molecule has 1 aliphatic carbocycles. The van der Waals surface area contributed by atoms with Gasteiger partial charge in [0.25, 0.3) is 0 Å². The van der Waals surface area contributed by atoms with E-state index in [0.717, 1.165) is 5.25 Å². The van der Waals surface area contributed by atoms with Gasteiger partial charge in [0, 0.05) is 11.3 Å². The van der Waals surface area contributed by atoms with Crippen LogP contribution in [0, 0.1) is 0 Å². The molecule has 0 radical (unpaired) electrons. The van der Waals surface area contributed by atoms with Gasteiger partial charge in [0.05, 0.1) is 0 Å². The minimum atomic E-state index is 0.553. The molecule has 0 heterocycles. The molecule has 0 fully saturated rings. The summed E-state index contributed by atoms with van der Waals surface area (Å²) < 4.78 is 0. The number of nitrogens with one attached hydrogen (secondary N) is 1. The van der Waals surface area contributed by atoms with E-state index in [1.807, 2.05) is 0 Å². The number of hydrogen-bond donors (Lipinski definition) is 1. The van der Waals surface area contributed by atoms with Crippen molar-refractivity contribution < 1.29 is 0 Å². The van der Waals surface area contributed by atoms with Crippen LogP contribution < -0.4 is 5.32 Å². The molecular formula is C13H19NS. The molecule has 0 bridgehead atoms. The molecule has 1 nitrogen and oxygen atoms in total. The first-order chi connectivity index (χ1) is 7.36. The lowest BCUT2D eigenvalue weighted by Crippen LogP contribution is -2.23. The molecule has 2 heteroatoms. The molecule has 0 aliphatic heterocycles. The van der Waals surface area contributed by atoms with Gasteiger partial charge in [-0.25, -0.2) is 0 Å². The van der Waals surface area contributed by atoms with Crippen LogP contribution >= 0.6 is 11.8 Å². The third kappa shape index (κ3) is 2.21. The van der Waals surface area contributed by atoms with Crippen LogP contribution in [-0.2, 0) is 6.42 Å². The fourth-order valence-electron chi connectivity index (χ4n) is 2.32. The van der Waals surface area contributed by atoms with Crippen molar-refractivity contribution in [3.63, 3.8) is 0 Å². The number of benzene rings is 1. The van der Waals surface area contributed by atoms with Gasteiger partial charge in [-0.2, -0.15) is 11.8 Å². The van der Waals surface area contributed by atoms with E-state index in [1.165, 1.54) is 29.7 Å². The van der Waals surface area contributed by atoms with Crippen LogP contribution in [0.2, 0.25) is 0 Å². The van der Waals surface area contributed by atoms with Gasteiger partial charge >= 0.3 is 0 Å². The molecule has 2 unspecified atom stereocenters. The Kier molecular flexibility index (Phi) is 3.71. The van der Waals surface area contributed by atoms with Crippen LogP contribution in [0.3, 0.4) is 0 Å². The fraction of sp³-hybridized carbons (Fsp3) is 0.538. The lowest BCUT2D eigenvalue weighted by molar-refractivity contribution is 0.603. The van der Waals surface area contributed by atoms with Crippen molar-refractivity contribution in [1.82, 2.24) is 5.32 Å². The first-order valence-electron chi connectivity index (χ1n) is 5.73. The molecule has 0 saturated carbocycles. The summed E-state index contributed by atoms with van der Waals surface area (Å²) in [5, 5.41) is 4.19. The molecule has 0 spiro atoms. The Morgan fingerprint density at radius 1 is 1.40 bits per heavy atom. The molecule has 1 aromatic rings. The molecular weight excluding hydrogens is 202 g/mol. The minimum Gasteiger partial charge on any atom is -0.312 e. The van der Waals surface area contributed by atoms with Crippen molar-refractivity contribution in [2.75, 3.05) is 12.8 Å². The summed E-state index contributed by atoms with van der Waals surface area (Å²) in [6.07, 6.45) is 2.50. The van der Waals surface area contributed by atoms with Crippen LogP contribution in [0.1, 0.15) is 30.5 Å². The van der Waals surface area contributed by atoms with Gasteiger partial charge in [-0.15, -0.1) is 0 Å². The fourth-order valence-corrected chi connectivity index (χ4v) is 3.64. The zero-order chi connectivity index (χ0) is 10.7. The summed E-state index contributed by atoms with van der Waals surface area (Å²) in [5.74, 6) is 1.27. The van der Waals surface area contributed by atoms with E-state index in [4.69, 9.17) is 0 Å². The third-order valence-corrected chi connectivity index (χ3v) is 4.54. The maximum atomic E-state index is 3.46. The largest absolute Gasteiger partial charge is 0.312 e. The minimum absolute atomic E-state index is 0.553. The van der Waals surface area contributed by atoms with Crippen LogP contribution in [0.15, 0.2) is 24.3 Å². The van der Waals surface area contributed by atoms with Gasteiger partial charge in [-0.1, -0.05) is 31.2 Å². The monoisotopic (exact) mass is 221 g/mol. The summed E-state index contributed by atoms with van der Waals surface area (Å²) in [4.78, 5) is 0. The number of thioether (sulfide) groups is 1. The lowest BCUT2D eigenvalue weighted by Gasteiger charge is -2.19. The normalized spacial score (nSPS) is 24.1. The molecule has 0 aromatic heterocycles. The molecule has 1 aliphatic rings. The third-order valence-electron chi connectivity index (χ3n) is 3.03. The zero-order valence-electron chi connectivity index (χ0n) is 9.49. The highest BCUT2D eigenvalue weighted by Gasteiger charge is 2.30. The molecule has 2 atom stereocenters. The van der Waals surface area contributed by atoms with Crippen molar-refractivity contribution in [3.8, 4) is 0 Å². The van der Waals surface area contributed by atoms with Crippen LogP contribution in [0.25, 0.3) is 0 Å². The van der Waals surface area contributed by atoms with Crippen molar-refractivity contribution >= 4 is 11.8 Å². The Labute approximate surface area is 96.7 Å². The predicted octanol–water partition coefficient (Wildman–Crippen LogP) is 3.02. The molecule has 0 saturated heterocycles. The van der Waals surface area contributed by atoms with Gasteiger partial charge in [0.2, 0.25) is 0 Å². The molecule has 0 amide bonds. The van der Waals surface area contributed by atoms with E-state index >= 15 is 0 Å². The second-order valence-electron chi connectivity index (χ2n) is 4.08. The van der Waals surface area contributed by atoms with Crippen LogP contribution in [0.5, 0.6) is 0 Å². The predicted molar refractivity (Wildman–Crippen MR) is 68.5 cm³/mol. The Morgan fingerprint density at radius 2 is 2.20 bits per heavy atom. The first-order valence-corrected chi connectivity index (χ1v) is 6.78. The topological polar surface area (TPSA) is 12.0 Å². The Bertz CT molecular complexity index is 324. The average molecular weight is 221 g/mol. The second kappa shape index (κ2) is 5.04. The van der Waals surface area contributed by atoms with Gasteiger partial charge in [-0.05, 0) is 36.8 Å². The van der Waals surface area contributed by atoms with Crippen molar-refractivity contribution in [3.05, 3.63) is 35.4 Å². The van der Waals surface area contributed by atoms with Gasteiger partial charge in [0.15, 0.2) is 0 Å². The van der Waals surface area contributed by atoms with E-state index < -0.39 is 0 Å². The average Bonchev–Trinajstić information content (AvgIpc) is 2.63. The van der Waals surface area contributed by atoms with E-state index in [9.17, 15) is 0 Å². The van der Waals surface area contributed by atoms with Crippen molar-refractivity contribution in [2.45, 2.75) is 31.1 Å². The summed E-state index contributed by atoms with van der Waals surface area (Å²) in [6, 6.07) is 9.39. The molecule has 82 valence electrons. The summed E-state index contributed by atoms with van der Waals surface area (Å²) >= 11 is 2.11.